The van der Waals surface area contributed by atoms with Gasteiger partial charge in [0.1, 0.15) is 0 Å². The van der Waals surface area contributed by atoms with E-state index >= 15 is 0 Å². The molecule has 0 aromatic heterocycles. The third-order valence-electron chi connectivity index (χ3n) is 0.532. The topological polar surface area (TPSA) is 72.8 Å². The molecule has 0 bridgehead atoms. The van der Waals surface area contributed by atoms with Gasteiger partial charge in [-0.05, 0) is 0 Å². The molecule has 2 unspecified atom stereocenters. The number of phosphoric acid groups is 1. The van der Waals surface area contributed by atoms with Crippen molar-refractivity contribution in [3.05, 3.63) is 12.7 Å². The monoisotopic (exact) mass is 186 g/mol. The fraction of sp³-hybridized carbons (Fsp3) is 0.333. The Morgan fingerprint density at radius 2 is 2.40 bits per heavy atom. The second kappa shape index (κ2) is 4.83. The Bertz CT molecular complexity index is 166. The van der Waals surface area contributed by atoms with Gasteiger partial charge in [-0.3, -0.25) is 9.09 Å². The van der Waals surface area contributed by atoms with Gasteiger partial charge in [-0.2, -0.15) is 0 Å². The van der Waals surface area contributed by atoms with Crippen molar-refractivity contribution in [1.82, 2.24) is 0 Å². The van der Waals surface area contributed by atoms with Crippen LogP contribution >= 0.6 is 16.5 Å². The molecule has 0 rings (SSSR count). The molecule has 0 heterocycles. The average Bonchev–Trinajstić information content (AvgIpc) is 1.84. The standard InChI is InChI=1S/C3H8O5P2/c1-2-3-7-10(5,6)8-9-4/h2H,1,3,9H2,(H,5,6). The lowest BCUT2D eigenvalue weighted by atomic mass is 10.7. The number of hydrogen-bond donors (Lipinski definition) is 1. The molecular formula is C3H8O5P2. The Morgan fingerprint density at radius 3 is 2.80 bits per heavy atom. The number of hydrogen-bond acceptors (Lipinski definition) is 4. The summed E-state index contributed by atoms with van der Waals surface area (Å²) in [5.41, 5.74) is 0. The summed E-state index contributed by atoms with van der Waals surface area (Å²) >= 11 is 0. The van der Waals surface area contributed by atoms with Gasteiger partial charge in [0.15, 0.2) is 8.69 Å². The van der Waals surface area contributed by atoms with E-state index in [0.717, 1.165) is 0 Å². The first-order chi connectivity index (χ1) is 4.62. The summed E-state index contributed by atoms with van der Waals surface area (Å²) in [5.74, 6) is 0. The minimum atomic E-state index is -4.06. The number of phosphoric ester groups is 1. The lowest BCUT2D eigenvalue weighted by molar-refractivity contribution is 0.228. The fourth-order valence-electron chi connectivity index (χ4n) is 0.232. The van der Waals surface area contributed by atoms with E-state index in [4.69, 9.17) is 4.89 Å². The highest BCUT2D eigenvalue weighted by Crippen LogP contribution is 2.46. The van der Waals surface area contributed by atoms with E-state index < -0.39 is 16.5 Å². The van der Waals surface area contributed by atoms with Crippen molar-refractivity contribution < 1.29 is 22.9 Å². The molecule has 0 saturated heterocycles. The van der Waals surface area contributed by atoms with Crippen molar-refractivity contribution in [3.63, 3.8) is 0 Å². The first-order valence-electron chi connectivity index (χ1n) is 2.32. The Balaban J connectivity index is 3.74. The van der Waals surface area contributed by atoms with E-state index in [1.54, 1.807) is 0 Å². The molecule has 5 nitrogen and oxygen atoms in total. The van der Waals surface area contributed by atoms with Crippen molar-refractivity contribution in [2.45, 2.75) is 0 Å². The Kier molecular flexibility index (Phi) is 4.87. The first kappa shape index (κ1) is 10.1. The molecule has 60 valence electrons. The molecule has 0 radical (unpaired) electrons. The molecular weight excluding hydrogens is 178 g/mol. The van der Waals surface area contributed by atoms with Crippen molar-refractivity contribution >= 4 is 16.5 Å². The minimum Gasteiger partial charge on any atom is -0.302 e. The van der Waals surface area contributed by atoms with Crippen LogP contribution in [0.5, 0.6) is 0 Å². The average molecular weight is 186 g/mol. The van der Waals surface area contributed by atoms with Crippen LogP contribution in [0.15, 0.2) is 12.7 Å². The van der Waals surface area contributed by atoms with Crippen LogP contribution in [0.4, 0.5) is 0 Å². The summed E-state index contributed by atoms with van der Waals surface area (Å²) in [6.07, 6.45) is 1.28. The van der Waals surface area contributed by atoms with Crippen molar-refractivity contribution in [3.8, 4) is 0 Å². The van der Waals surface area contributed by atoms with Crippen LogP contribution in [0.3, 0.4) is 0 Å². The van der Waals surface area contributed by atoms with Gasteiger partial charge in [-0.25, -0.2) is 8.88 Å². The van der Waals surface area contributed by atoms with Gasteiger partial charge in [0.25, 0.3) is 0 Å². The molecule has 7 heteroatoms. The lowest BCUT2D eigenvalue weighted by Gasteiger charge is -2.04. The van der Waals surface area contributed by atoms with Crippen LogP contribution in [-0.4, -0.2) is 11.5 Å². The van der Waals surface area contributed by atoms with Crippen molar-refractivity contribution in [1.29, 1.82) is 0 Å². The summed E-state index contributed by atoms with van der Waals surface area (Å²) in [4.78, 5) is 8.53. The van der Waals surface area contributed by atoms with Gasteiger partial charge in [0, 0.05) is 0 Å². The molecule has 0 aromatic rings. The molecule has 10 heavy (non-hydrogen) atoms. The maximum absolute atomic E-state index is 10.5. The van der Waals surface area contributed by atoms with Crippen molar-refractivity contribution in [2.24, 2.45) is 0 Å². The Morgan fingerprint density at radius 1 is 1.80 bits per heavy atom. The molecule has 0 fully saturated rings. The van der Waals surface area contributed by atoms with Gasteiger partial charge in [-0.15, -0.1) is 6.58 Å². The highest BCUT2D eigenvalue weighted by atomic mass is 31.2. The van der Waals surface area contributed by atoms with Gasteiger partial charge < -0.3 is 4.89 Å². The summed E-state index contributed by atoms with van der Waals surface area (Å²) in [5, 5.41) is 0. The SMILES string of the molecule is C=CCOP(=O)(O)O[PH2]=O. The first-order valence-corrected chi connectivity index (χ1v) is 4.76. The zero-order valence-electron chi connectivity index (χ0n) is 5.10. The fourth-order valence-corrected chi connectivity index (χ4v) is 1.20. The van der Waals surface area contributed by atoms with E-state index in [9.17, 15) is 9.13 Å². The number of rotatable bonds is 5. The molecule has 0 amide bonds. The summed E-state index contributed by atoms with van der Waals surface area (Å²) < 4.78 is 28.3. The largest absolute Gasteiger partial charge is 0.477 e. The predicted octanol–water partition coefficient (Wildman–Crippen LogP) is 0.977. The predicted molar refractivity (Wildman–Crippen MR) is 37.5 cm³/mol. The van der Waals surface area contributed by atoms with Gasteiger partial charge in [-0.1, -0.05) is 6.08 Å². The van der Waals surface area contributed by atoms with Gasteiger partial charge in [0.2, 0.25) is 0 Å². The second-order valence-electron chi connectivity index (χ2n) is 1.25. The molecule has 0 spiro atoms. The highest BCUT2D eigenvalue weighted by Gasteiger charge is 2.18. The zero-order valence-corrected chi connectivity index (χ0v) is 7.15. The Labute approximate surface area is 59.6 Å². The summed E-state index contributed by atoms with van der Waals surface area (Å²) in [6.45, 7) is 3.14. The third-order valence-corrected chi connectivity index (χ3v) is 2.42. The smallest absolute Gasteiger partial charge is 0.302 e. The Hall–Kier alpha value is 0.0800. The maximum atomic E-state index is 10.5. The van der Waals surface area contributed by atoms with E-state index in [0.29, 0.717) is 0 Å². The zero-order chi connectivity index (χ0) is 8.04. The quantitative estimate of drug-likeness (QED) is 0.511. The molecule has 0 aromatic carbocycles. The minimum absolute atomic E-state index is 0.104. The molecule has 1 N–H and O–H groups in total. The van der Waals surface area contributed by atoms with Crippen LogP contribution < -0.4 is 0 Å². The van der Waals surface area contributed by atoms with Gasteiger partial charge >= 0.3 is 7.82 Å². The van der Waals surface area contributed by atoms with Crippen LogP contribution in [0, 0.1) is 0 Å². The normalized spacial score (nSPS) is 17.3. The molecule has 0 aliphatic heterocycles. The van der Waals surface area contributed by atoms with E-state index in [2.05, 4.69) is 15.4 Å². The van der Waals surface area contributed by atoms with Crippen LogP contribution in [0.2, 0.25) is 0 Å². The van der Waals surface area contributed by atoms with E-state index in [1.165, 1.54) is 6.08 Å². The maximum Gasteiger partial charge on any atom is 0.477 e. The molecule has 2 atom stereocenters. The second-order valence-corrected chi connectivity index (χ2v) is 3.49. The molecule has 0 aliphatic rings. The van der Waals surface area contributed by atoms with Crippen LogP contribution in [0.25, 0.3) is 0 Å². The summed E-state index contributed by atoms with van der Waals surface area (Å²) in [6, 6.07) is 0. The van der Waals surface area contributed by atoms with Crippen LogP contribution in [-0.2, 0) is 18.0 Å². The molecule has 0 saturated carbocycles. The van der Waals surface area contributed by atoms with Crippen molar-refractivity contribution in [2.75, 3.05) is 6.61 Å². The van der Waals surface area contributed by atoms with E-state index in [1.807, 2.05) is 0 Å². The van der Waals surface area contributed by atoms with Crippen LogP contribution in [0.1, 0.15) is 0 Å². The van der Waals surface area contributed by atoms with Gasteiger partial charge in [0.05, 0.1) is 6.61 Å². The highest BCUT2D eigenvalue weighted by molar-refractivity contribution is 7.52. The molecule has 0 aliphatic carbocycles. The third kappa shape index (κ3) is 4.91. The summed E-state index contributed by atoms with van der Waals surface area (Å²) in [7, 11) is -5.78. The van der Waals surface area contributed by atoms with E-state index in [-0.39, 0.29) is 6.61 Å². The lowest BCUT2D eigenvalue weighted by Crippen LogP contribution is -1.87.